The maximum absolute atomic E-state index is 13.3. The molecule has 26 heavy (non-hydrogen) atoms. The molecule has 1 fully saturated rings. The number of amides is 1. The highest BCUT2D eigenvalue weighted by atomic mass is 19.1. The number of nitrogens with zero attached hydrogens (tertiary/aromatic N) is 1. The molecular weight excluding hydrogens is 335 g/mol. The number of fused-ring (bicyclic) bond motifs is 1. The van der Waals surface area contributed by atoms with Crippen LogP contribution in [0, 0.1) is 5.82 Å². The number of aromatic carboxylic acids is 1. The van der Waals surface area contributed by atoms with Crippen LogP contribution in [-0.4, -0.2) is 40.0 Å². The number of H-pyrrole nitrogens is 1. The van der Waals surface area contributed by atoms with Crippen LogP contribution in [0.2, 0.25) is 0 Å². The molecule has 6 heteroatoms. The van der Waals surface area contributed by atoms with Crippen molar-refractivity contribution in [2.24, 2.45) is 0 Å². The third kappa shape index (κ3) is 2.83. The normalized spacial score (nSPS) is 17.0. The Morgan fingerprint density at radius 3 is 2.77 bits per heavy atom. The summed E-state index contributed by atoms with van der Waals surface area (Å²) in [5, 5.41) is 10.0. The number of aromatic nitrogens is 1. The Bertz CT molecular complexity index is 1010. The minimum atomic E-state index is -0.956. The molecule has 5 nitrogen and oxygen atoms in total. The van der Waals surface area contributed by atoms with E-state index in [0.717, 1.165) is 5.56 Å². The van der Waals surface area contributed by atoms with Crippen LogP contribution < -0.4 is 0 Å². The van der Waals surface area contributed by atoms with Gasteiger partial charge in [-0.25, -0.2) is 9.18 Å². The van der Waals surface area contributed by atoms with Crippen molar-refractivity contribution in [1.29, 1.82) is 0 Å². The van der Waals surface area contributed by atoms with Crippen LogP contribution in [0.1, 0.15) is 38.7 Å². The number of halogens is 1. The van der Waals surface area contributed by atoms with Crippen LogP contribution in [0.3, 0.4) is 0 Å². The molecule has 2 aromatic carbocycles. The van der Waals surface area contributed by atoms with Gasteiger partial charge >= 0.3 is 5.97 Å². The van der Waals surface area contributed by atoms with Crippen LogP contribution in [0.25, 0.3) is 10.9 Å². The summed E-state index contributed by atoms with van der Waals surface area (Å²) in [5.74, 6) is -1.46. The van der Waals surface area contributed by atoms with E-state index in [1.807, 2.05) is 12.1 Å². The number of nitrogens with one attached hydrogen (secondary N) is 1. The van der Waals surface area contributed by atoms with Gasteiger partial charge in [0.15, 0.2) is 0 Å². The van der Waals surface area contributed by atoms with Crippen molar-refractivity contribution in [3.63, 3.8) is 0 Å². The van der Waals surface area contributed by atoms with Gasteiger partial charge in [-0.2, -0.15) is 0 Å². The molecule has 4 rings (SSSR count). The van der Waals surface area contributed by atoms with Gasteiger partial charge in [0.2, 0.25) is 0 Å². The average molecular weight is 352 g/mol. The van der Waals surface area contributed by atoms with E-state index < -0.39 is 5.97 Å². The summed E-state index contributed by atoms with van der Waals surface area (Å²) in [4.78, 5) is 29.0. The van der Waals surface area contributed by atoms with E-state index in [2.05, 4.69) is 4.98 Å². The standard InChI is InChI=1S/C20H17FN2O3/c21-14-5-6-17-13(9-14)10-18(22-17)19(24)23-8-7-12(11-23)15-3-1-2-4-16(15)20(25)26/h1-6,9-10,12,22H,7-8,11H2,(H,25,26). The monoisotopic (exact) mass is 352 g/mol. The van der Waals surface area contributed by atoms with Crippen molar-refractivity contribution in [1.82, 2.24) is 9.88 Å². The summed E-state index contributed by atoms with van der Waals surface area (Å²) in [6, 6.07) is 12.9. The van der Waals surface area contributed by atoms with Crippen LogP contribution in [0.4, 0.5) is 4.39 Å². The maximum atomic E-state index is 13.3. The topological polar surface area (TPSA) is 73.4 Å². The van der Waals surface area contributed by atoms with Crippen molar-refractivity contribution < 1.29 is 19.1 Å². The number of carboxylic acid groups (broad SMARTS) is 1. The molecule has 0 radical (unpaired) electrons. The first-order valence-electron chi connectivity index (χ1n) is 8.42. The molecule has 0 saturated carbocycles. The molecule has 1 atom stereocenters. The first-order valence-corrected chi connectivity index (χ1v) is 8.42. The van der Waals surface area contributed by atoms with E-state index in [1.54, 1.807) is 29.2 Å². The van der Waals surface area contributed by atoms with Gasteiger partial charge in [0, 0.05) is 29.9 Å². The molecule has 2 N–H and O–H groups in total. The zero-order chi connectivity index (χ0) is 18.3. The van der Waals surface area contributed by atoms with Crippen LogP contribution in [0.15, 0.2) is 48.5 Å². The summed E-state index contributed by atoms with van der Waals surface area (Å²) in [5.41, 5.74) is 2.17. The number of carbonyl (C=O) groups excluding carboxylic acids is 1. The second-order valence-corrected chi connectivity index (χ2v) is 6.54. The molecule has 0 spiro atoms. The van der Waals surface area contributed by atoms with Crippen molar-refractivity contribution in [3.8, 4) is 0 Å². The Balaban J connectivity index is 1.56. The Morgan fingerprint density at radius 1 is 1.15 bits per heavy atom. The van der Waals surface area contributed by atoms with E-state index in [0.29, 0.717) is 36.1 Å². The summed E-state index contributed by atoms with van der Waals surface area (Å²) in [7, 11) is 0. The Labute approximate surface area is 149 Å². The van der Waals surface area contributed by atoms with Gasteiger partial charge in [-0.15, -0.1) is 0 Å². The molecule has 3 aromatic rings. The number of benzene rings is 2. The predicted octanol–water partition coefficient (Wildman–Crippen LogP) is 3.63. The van der Waals surface area contributed by atoms with Gasteiger partial charge in [0.05, 0.1) is 5.56 Å². The molecule has 1 aliphatic heterocycles. The van der Waals surface area contributed by atoms with E-state index in [9.17, 15) is 19.1 Å². The number of aromatic amines is 1. The van der Waals surface area contributed by atoms with Gasteiger partial charge in [-0.3, -0.25) is 4.79 Å². The third-order valence-corrected chi connectivity index (χ3v) is 4.92. The summed E-state index contributed by atoms with van der Waals surface area (Å²) in [6.07, 6.45) is 0.713. The lowest BCUT2D eigenvalue weighted by atomic mass is 9.93. The van der Waals surface area contributed by atoms with Crippen LogP contribution in [0.5, 0.6) is 0 Å². The quantitative estimate of drug-likeness (QED) is 0.756. The highest BCUT2D eigenvalue weighted by molar-refractivity contribution is 5.98. The summed E-state index contributed by atoms with van der Waals surface area (Å²) < 4.78 is 13.3. The number of hydrogen-bond donors (Lipinski definition) is 2. The van der Waals surface area contributed by atoms with Gasteiger partial charge < -0.3 is 15.0 Å². The van der Waals surface area contributed by atoms with Crippen molar-refractivity contribution in [2.75, 3.05) is 13.1 Å². The number of hydrogen-bond acceptors (Lipinski definition) is 2. The highest BCUT2D eigenvalue weighted by Gasteiger charge is 2.30. The SMILES string of the molecule is O=C(O)c1ccccc1C1CCN(C(=O)c2cc3cc(F)ccc3[nH]2)C1. The molecular formula is C20H17FN2O3. The number of carbonyl (C=O) groups is 2. The van der Waals surface area contributed by atoms with Crippen molar-refractivity contribution in [3.05, 3.63) is 71.2 Å². The molecule has 0 bridgehead atoms. The summed E-state index contributed by atoms with van der Waals surface area (Å²) >= 11 is 0. The third-order valence-electron chi connectivity index (χ3n) is 4.92. The second kappa shape index (κ2) is 6.29. The molecule has 1 aliphatic rings. The highest BCUT2D eigenvalue weighted by Crippen LogP contribution is 2.31. The molecule has 0 aliphatic carbocycles. The maximum Gasteiger partial charge on any atom is 0.335 e. The smallest absolute Gasteiger partial charge is 0.335 e. The minimum absolute atomic E-state index is 0.00641. The predicted molar refractivity (Wildman–Crippen MR) is 94.9 cm³/mol. The zero-order valence-corrected chi connectivity index (χ0v) is 13.9. The Hall–Kier alpha value is -3.15. The van der Waals surface area contributed by atoms with Crippen molar-refractivity contribution >= 4 is 22.8 Å². The fourth-order valence-corrected chi connectivity index (χ4v) is 3.64. The van der Waals surface area contributed by atoms with Gasteiger partial charge in [-0.1, -0.05) is 18.2 Å². The van der Waals surface area contributed by atoms with E-state index in [-0.39, 0.29) is 23.2 Å². The van der Waals surface area contributed by atoms with E-state index in [4.69, 9.17) is 0 Å². The Morgan fingerprint density at radius 2 is 1.96 bits per heavy atom. The first kappa shape index (κ1) is 16.3. The minimum Gasteiger partial charge on any atom is -0.478 e. The number of rotatable bonds is 3. The van der Waals surface area contributed by atoms with Crippen LogP contribution in [-0.2, 0) is 0 Å². The molecule has 1 aromatic heterocycles. The largest absolute Gasteiger partial charge is 0.478 e. The molecule has 1 saturated heterocycles. The van der Waals surface area contributed by atoms with Crippen molar-refractivity contribution in [2.45, 2.75) is 12.3 Å². The number of likely N-dealkylation sites (tertiary alicyclic amines) is 1. The molecule has 1 unspecified atom stereocenters. The van der Waals surface area contributed by atoms with Gasteiger partial charge in [-0.05, 0) is 42.3 Å². The first-order chi connectivity index (χ1) is 12.5. The van der Waals surface area contributed by atoms with Gasteiger partial charge in [0.25, 0.3) is 5.91 Å². The summed E-state index contributed by atoms with van der Waals surface area (Å²) in [6.45, 7) is 1.02. The molecule has 1 amide bonds. The lowest BCUT2D eigenvalue weighted by Gasteiger charge is -2.17. The zero-order valence-electron chi connectivity index (χ0n) is 13.9. The number of carboxylic acids is 1. The van der Waals surface area contributed by atoms with Gasteiger partial charge in [0.1, 0.15) is 11.5 Å². The molecule has 132 valence electrons. The van der Waals surface area contributed by atoms with E-state index in [1.165, 1.54) is 12.1 Å². The Kier molecular flexibility index (Phi) is 3.95. The van der Waals surface area contributed by atoms with Crippen LogP contribution >= 0.6 is 0 Å². The average Bonchev–Trinajstić information content (AvgIpc) is 3.27. The fourth-order valence-electron chi connectivity index (χ4n) is 3.64. The van der Waals surface area contributed by atoms with E-state index >= 15 is 0 Å². The molecule has 2 heterocycles. The lowest BCUT2D eigenvalue weighted by Crippen LogP contribution is -2.28. The lowest BCUT2D eigenvalue weighted by molar-refractivity contribution is 0.0695. The second-order valence-electron chi connectivity index (χ2n) is 6.54. The fraction of sp³-hybridized carbons (Fsp3) is 0.200.